The van der Waals surface area contributed by atoms with Gasteiger partial charge in [0.15, 0.2) is 0 Å². The second-order valence-electron chi connectivity index (χ2n) is 4.72. The summed E-state index contributed by atoms with van der Waals surface area (Å²) in [6.07, 6.45) is 1.81. The Hall–Kier alpha value is -1.02. The normalized spacial score (nSPS) is 24.1. The van der Waals surface area contributed by atoms with Crippen LogP contribution in [0.25, 0.3) is 0 Å². The van der Waals surface area contributed by atoms with Crippen molar-refractivity contribution in [2.24, 2.45) is 5.92 Å². The molecule has 3 unspecified atom stereocenters. The molecule has 0 aromatic heterocycles. The minimum Gasteiger partial charge on any atom is -0.356 e. The molecule has 0 saturated heterocycles. The van der Waals surface area contributed by atoms with Crippen LogP contribution in [0.2, 0.25) is 0 Å². The highest BCUT2D eigenvalue weighted by Crippen LogP contribution is 2.47. The van der Waals surface area contributed by atoms with Crippen molar-refractivity contribution in [3.63, 3.8) is 0 Å². The van der Waals surface area contributed by atoms with Crippen LogP contribution in [-0.2, 0) is 4.79 Å². The lowest BCUT2D eigenvalue weighted by Gasteiger charge is -2.06. The quantitative estimate of drug-likeness (QED) is 0.801. The third-order valence-electron chi connectivity index (χ3n) is 3.20. The molecule has 0 heterocycles. The molecular weight excluding hydrogens is 234 g/mol. The molecule has 0 spiro atoms. The molecule has 1 saturated carbocycles. The highest BCUT2D eigenvalue weighted by Gasteiger charge is 2.43. The summed E-state index contributed by atoms with van der Waals surface area (Å²) in [4.78, 5) is 11.8. The second-order valence-corrected chi connectivity index (χ2v) is 5.46. The molecule has 1 aliphatic carbocycles. The van der Waals surface area contributed by atoms with Crippen LogP contribution >= 0.6 is 11.6 Å². The lowest BCUT2D eigenvalue weighted by atomic mass is 10.1. The molecule has 2 nitrogen and oxygen atoms in total. The van der Waals surface area contributed by atoms with E-state index in [2.05, 4.69) is 17.4 Å². The predicted molar refractivity (Wildman–Crippen MR) is 70.2 cm³/mol. The van der Waals surface area contributed by atoms with E-state index in [0.29, 0.717) is 12.5 Å². The van der Waals surface area contributed by atoms with Gasteiger partial charge in [-0.3, -0.25) is 4.79 Å². The molecule has 2 rings (SSSR count). The molecule has 3 heteroatoms. The highest BCUT2D eigenvalue weighted by atomic mass is 35.5. The summed E-state index contributed by atoms with van der Waals surface area (Å²) in [5, 5.41) is 3.08. The molecule has 3 atom stereocenters. The number of hydrogen-bond donors (Lipinski definition) is 1. The first kappa shape index (κ1) is 12.4. The van der Waals surface area contributed by atoms with E-state index >= 15 is 0 Å². The van der Waals surface area contributed by atoms with Gasteiger partial charge in [-0.15, -0.1) is 11.6 Å². The van der Waals surface area contributed by atoms with Crippen molar-refractivity contribution in [3.05, 3.63) is 35.9 Å². The lowest BCUT2D eigenvalue weighted by Crippen LogP contribution is -2.27. The smallest absolute Gasteiger partial charge is 0.223 e. The van der Waals surface area contributed by atoms with Gasteiger partial charge in [-0.25, -0.2) is 0 Å². The SMILES string of the molecule is CC(Cl)CCNC(=O)C1CC1c1ccccc1. The molecule has 0 radical (unpaired) electrons. The fraction of sp³-hybridized carbons (Fsp3) is 0.500. The van der Waals surface area contributed by atoms with Gasteiger partial charge < -0.3 is 5.32 Å². The number of carbonyl (C=O) groups excluding carboxylic acids is 1. The fourth-order valence-corrected chi connectivity index (χ4v) is 2.19. The van der Waals surface area contributed by atoms with Gasteiger partial charge in [-0.2, -0.15) is 0 Å². The van der Waals surface area contributed by atoms with Gasteiger partial charge >= 0.3 is 0 Å². The number of carbonyl (C=O) groups is 1. The fourth-order valence-electron chi connectivity index (χ4n) is 2.08. The molecule has 1 amide bonds. The van der Waals surface area contributed by atoms with Crippen LogP contribution in [0.3, 0.4) is 0 Å². The summed E-state index contributed by atoms with van der Waals surface area (Å²) in [7, 11) is 0. The molecular formula is C14H18ClNO. The van der Waals surface area contributed by atoms with E-state index in [1.807, 2.05) is 25.1 Å². The van der Waals surface area contributed by atoms with Crippen LogP contribution in [-0.4, -0.2) is 17.8 Å². The standard InChI is InChI=1S/C14H18ClNO/c1-10(15)7-8-16-14(17)13-9-12(13)11-5-3-2-4-6-11/h2-6,10,12-13H,7-9H2,1H3,(H,16,17). The van der Waals surface area contributed by atoms with E-state index in [4.69, 9.17) is 11.6 Å². The van der Waals surface area contributed by atoms with Crippen molar-refractivity contribution >= 4 is 17.5 Å². The number of amides is 1. The van der Waals surface area contributed by atoms with Crippen molar-refractivity contribution in [1.82, 2.24) is 5.32 Å². The van der Waals surface area contributed by atoms with E-state index in [1.165, 1.54) is 5.56 Å². The van der Waals surface area contributed by atoms with Crippen molar-refractivity contribution in [2.45, 2.75) is 31.1 Å². The minimum absolute atomic E-state index is 0.124. The number of benzene rings is 1. The zero-order valence-electron chi connectivity index (χ0n) is 10.0. The van der Waals surface area contributed by atoms with E-state index < -0.39 is 0 Å². The molecule has 1 aromatic carbocycles. The highest BCUT2D eigenvalue weighted by molar-refractivity contribution is 6.20. The van der Waals surface area contributed by atoms with Crippen LogP contribution in [0.15, 0.2) is 30.3 Å². The molecule has 92 valence electrons. The van der Waals surface area contributed by atoms with Gasteiger partial charge in [0.05, 0.1) is 0 Å². The Kier molecular flexibility index (Phi) is 4.06. The molecule has 1 aliphatic rings. The van der Waals surface area contributed by atoms with E-state index in [0.717, 1.165) is 12.8 Å². The van der Waals surface area contributed by atoms with Crippen LogP contribution < -0.4 is 5.32 Å². The van der Waals surface area contributed by atoms with E-state index in [1.54, 1.807) is 0 Å². The zero-order valence-corrected chi connectivity index (χ0v) is 10.8. The molecule has 1 fully saturated rings. The summed E-state index contributed by atoms with van der Waals surface area (Å²) in [6, 6.07) is 10.2. The van der Waals surface area contributed by atoms with Gasteiger partial charge in [0.1, 0.15) is 0 Å². The monoisotopic (exact) mass is 251 g/mol. The van der Waals surface area contributed by atoms with Crippen molar-refractivity contribution in [2.75, 3.05) is 6.54 Å². The summed E-state index contributed by atoms with van der Waals surface area (Å²) in [5.74, 6) is 0.767. The Balaban J connectivity index is 1.77. The number of rotatable bonds is 5. The topological polar surface area (TPSA) is 29.1 Å². The maximum absolute atomic E-state index is 11.8. The van der Waals surface area contributed by atoms with Crippen LogP contribution in [0.1, 0.15) is 31.2 Å². The Morgan fingerprint density at radius 1 is 1.47 bits per heavy atom. The van der Waals surface area contributed by atoms with Crippen molar-refractivity contribution in [3.8, 4) is 0 Å². The maximum Gasteiger partial charge on any atom is 0.223 e. The first-order valence-electron chi connectivity index (χ1n) is 6.15. The first-order chi connectivity index (χ1) is 8.18. The van der Waals surface area contributed by atoms with Gasteiger partial charge in [-0.05, 0) is 31.2 Å². The number of alkyl halides is 1. The zero-order chi connectivity index (χ0) is 12.3. The van der Waals surface area contributed by atoms with Crippen molar-refractivity contribution < 1.29 is 4.79 Å². The number of nitrogens with one attached hydrogen (secondary N) is 1. The Morgan fingerprint density at radius 2 is 2.18 bits per heavy atom. The summed E-state index contributed by atoms with van der Waals surface area (Å²) in [5.41, 5.74) is 1.28. The maximum atomic E-state index is 11.8. The van der Waals surface area contributed by atoms with Crippen LogP contribution in [0, 0.1) is 5.92 Å². The molecule has 0 bridgehead atoms. The second kappa shape index (κ2) is 5.54. The van der Waals surface area contributed by atoms with Crippen LogP contribution in [0.5, 0.6) is 0 Å². The number of hydrogen-bond acceptors (Lipinski definition) is 1. The first-order valence-corrected chi connectivity index (χ1v) is 6.59. The Labute approximate surface area is 107 Å². The van der Waals surface area contributed by atoms with Gasteiger partial charge in [0, 0.05) is 17.8 Å². The average Bonchev–Trinajstić information content (AvgIpc) is 3.09. The van der Waals surface area contributed by atoms with Gasteiger partial charge in [-0.1, -0.05) is 30.3 Å². The summed E-state index contributed by atoms with van der Waals surface area (Å²) < 4.78 is 0. The summed E-state index contributed by atoms with van der Waals surface area (Å²) >= 11 is 5.83. The molecule has 1 aromatic rings. The molecule has 1 N–H and O–H groups in total. The number of halogens is 1. The average molecular weight is 252 g/mol. The largest absolute Gasteiger partial charge is 0.356 e. The molecule has 17 heavy (non-hydrogen) atoms. The third-order valence-corrected chi connectivity index (χ3v) is 3.41. The Bertz CT molecular complexity index is 377. The van der Waals surface area contributed by atoms with Crippen molar-refractivity contribution in [1.29, 1.82) is 0 Å². The molecule has 0 aliphatic heterocycles. The van der Waals surface area contributed by atoms with Gasteiger partial charge in [0.2, 0.25) is 5.91 Å². The summed E-state index contributed by atoms with van der Waals surface area (Å²) in [6.45, 7) is 2.62. The van der Waals surface area contributed by atoms with Crippen LogP contribution in [0.4, 0.5) is 0 Å². The predicted octanol–water partition coefficient (Wildman–Crippen LogP) is 2.92. The Morgan fingerprint density at radius 3 is 2.82 bits per heavy atom. The van der Waals surface area contributed by atoms with Gasteiger partial charge in [0.25, 0.3) is 0 Å². The third kappa shape index (κ3) is 3.47. The minimum atomic E-state index is 0.124. The lowest BCUT2D eigenvalue weighted by molar-refractivity contribution is -0.122. The van der Waals surface area contributed by atoms with E-state index in [9.17, 15) is 4.79 Å². The van der Waals surface area contributed by atoms with E-state index in [-0.39, 0.29) is 17.2 Å².